The highest BCUT2D eigenvalue weighted by Gasteiger charge is 2.78. The standard InChI is InChI=1S/C30H50O6/c1-24(2)10-12-29(23(34)35)13-11-28(7)27(6)9-8-18-25(3,4)22(33)17(31)15-26(18,5)19(27)14-21(32)30(28,36)20(29)16-24/h17-22,31-33,36H,8-16H2,1-7H3,(H,34,35)/t17-,18?,19+,20-,21?,22-,26-,27+,28-,29-,30?/m0/s1. The van der Waals surface area contributed by atoms with Gasteiger partial charge < -0.3 is 25.5 Å². The second-order valence-corrected chi connectivity index (χ2v) is 15.9. The Hall–Kier alpha value is -0.690. The molecule has 0 heterocycles. The number of carbonyl (C=O) groups is 1. The minimum Gasteiger partial charge on any atom is -0.481 e. The van der Waals surface area contributed by atoms with Gasteiger partial charge in [0.1, 0.15) is 5.60 Å². The van der Waals surface area contributed by atoms with Gasteiger partial charge in [0.05, 0.1) is 23.7 Å². The van der Waals surface area contributed by atoms with E-state index >= 15 is 0 Å². The molecule has 5 aliphatic rings. The first-order valence-electron chi connectivity index (χ1n) is 14.3. The van der Waals surface area contributed by atoms with Crippen molar-refractivity contribution >= 4 is 5.97 Å². The zero-order valence-corrected chi connectivity index (χ0v) is 23.5. The molecule has 3 unspecified atom stereocenters. The predicted molar refractivity (Wildman–Crippen MR) is 137 cm³/mol. The topological polar surface area (TPSA) is 118 Å². The molecular formula is C30H50O6. The SMILES string of the molecule is CC1(C)CC[C@]2(C(=O)O)CC[C@]3(C)C(O)(C(O)C[C@@H]4[C@@]5(C)C[C@H](O)[C@H](O)C(C)(C)C5CC[C@]43C)[C@H]2C1. The minimum atomic E-state index is -1.49. The summed E-state index contributed by atoms with van der Waals surface area (Å²) in [5.74, 6) is -1.07. The fourth-order valence-electron chi connectivity index (χ4n) is 11.5. The Morgan fingerprint density at radius 3 is 2.00 bits per heavy atom. The van der Waals surface area contributed by atoms with Gasteiger partial charge in [-0.1, -0.05) is 48.5 Å². The summed E-state index contributed by atoms with van der Waals surface area (Å²) in [7, 11) is 0. The maximum absolute atomic E-state index is 12.8. The summed E-state index contributed by atoms with van der Waals surface area (Å²) in [5.41, 5.74) is -4.30. The Morgan fingerprint density at radius 1 is 0.778 bits per heavy atom. The van der Waals surface area contributed by atoms with Gasteiger partial charge in [-0.2, -0.15) is 0 Å². The van der Waals surface area contributed by atoms with Crippen LogP contribution in [-0.4, -0.2) is 55.4 Å². The summed E-state index contributed by atoms with van der Waals surface area (Å²) in [5, 5.41) is 57.3. The fourth-order valence-corrected chi connectivity index (χ4v) is 11.5. The van der Waals surface area contributed by atoms with E-state index in [-0.39, 0.29) is 28.1 Å². The van der Waals surface area contributed by atoms with Crippen molar-refractivity contribution in [2.75, 3.05) is 0 Å². The number of aliphatic hydroxyl groups is 4. The molecule has 0 aromatic rings. The zero-order valence-electron chi connectivity index (χ0n) is 23.5. The van der Waals surface area contributed by atoms with Crippen molar-refractivity contribution in [1.82, 2.24) is 0 Å². The van der Waals surface area contributed by atoms with Crippen molar-refractivity contribution in [2.45, 2.75) is 130 Å². The van der Waals surface area contributed by atoms with Gasteiger partial charge in [-0.25, -0.2) is 0 Å². The van der Waals surface area contributed by atoms with Crippen LogP contribution in [0.1, 0.15) is 106 Å². The van der Waals surface area contributed by atoms with Crippen molar-refractivity contribution in [1.29, 1.82) is 0 Å². The van der Waals surface area contributed by atoms with E-state index < -0.39 is 52.0 Å². The second-order valence-electron chi connectivity index (χ2n) is 15.9. The van der Waals surface area contributed by atoms with Crippen LogP contribution in [0.15, 0.2) is 0 Å². The molecule has 6 nitrogen and oxygen atoms in total. The summed E-state index contributed by atoms with van der Waals surface area (Å²) in [4.78, 5) is 12.8. The quantitative estimate of drug-likeness (QED) is 0.360. The van der Waals surface area contributed by atoms with E-state index in [1.807, 2.05) is 0 Å². The second kappa shape index (κ2) is 7.49. The van der Waals surface area contributed by atoms with Crippen LogP contribution in [0.25, 0.3) is 0 Å². The molecular weight excluding hydrogens is 456 g/mol. The molecule has 0 spiro atoms. The largest absolute Gasteiger partial charge is 0.481 e. The maximum Gasteiger partial charge on any atom is 0.310 e. The van der Waals surface area contributed by atoms with Crippen LogP contribution in [0, 0.1) is 50.2 Å². The predicted octanol–water partition coefficient (Wildman–Crippen LogP) is 4.37. The molecule has 0 radical (unpaired) electrons. The first-order valence-corrected chi connectivity index (χ1v) is 14.3. The van der Waals surface area contributed by atoms with Crippen molar-refractivity contribution < 1.29 is 30.3 Å². The highest BCUT2D eigenvalue weighted by Crippen LogP contribution is 2.78. The zero-order chi connectivity index (χ0) is 26.9. The van der Waals surface area contributed by atoms with Crippen LogP contribution in [0.5, 0.6) is 0 Å². The van der Waals surface area contributed by atoms with Gasteiger partial charge in [-0.05, 0) is 91.3 Å². The lowest BCUT2D eigenvalue weighted by atomic mass is 9.29. The van der Waals surface area contributed by atoms with Gasteiger partial charge in [0.25, 0.3) is 0 Å². The van der Waals surface area contributed by atoms with E-state index in [4.69, 9.17) is 0 Å². The van der Waals surface area contributed by atoms with E-state index in [1.54, 1.807) is 0 Å². The van der Waals surface area contributed by atoms with E-state index in [0.29, 0.717) is 38.5 Å². The lowest BCUT2D eigenvalue weighted by molar-refractivity contribution is -0.346. The van der Waals surface area contributed by atoms with Crippen LogP contribution in [0.4, 0.5) is 0 Å². The molecule has 0 aromatic heterocycles. The summed E-state index contributed by atoms with van der Waals surface area (Å²) in [6, 6.07) is 0. The van der Waals surface area contributed by atoms with Crippen molar-refractivity contribution in [3.63, 3.8) is 0 Å². The molecule has 5 N–H and O–H groups in total. The van der Waals surface area contributed by atoms with E-state index in [2.05, 4.69) is 48.5 Å². The van der Waals surface area contributed by atoms with E-state index in [1.165, 1.54) is 0 Å². The molecule has 0 saturated heterocycles. The smallest absolute Gasteiger partial charge is 0.310 e. The Kier molecular flexibility index (Phi) is 5.59. The number of fused-ring (bicyclic) bond motifs is 7. The number of carboxylic acids is 1. The normalized spacial score (nSPS) is 57.5. The third kappa shape index (κ3) is 2.91. The number of aliphatic carboxylic acids is 1. The number of aliphatic hydroxyl groups excluding tert-OH is 3. The van der Waals surface area contributed by atoms with Gasteiger partial charge in [0.15, 0.2) is 0 Å². The van der Waals surface area contributed by atoms with Gasteiger partial charge in [0.2, 0.25) is 0 Å². The minimum absolute atomic E-state index is 0.0550. The molecule has 0 bridgehead atoms. The molecule has 0 amide bonds. The van der Waals surface area contributed by atoms with E-state index in [0.717, 1.165) is 19.3 Å². The molecule has 5 saturated carbocycles. The average Bonchev–Trinajstić information content (AvgIpc) is 2.76. The van der Waals surface area contributed by atoms with Crippen LogP contribution >= 0.6 is 0 Å². The Labute approximate surface area is 216 Å². The Bertz CT molecular complexity index is 946. The van der Waals surface area contributed by atoms with Crippen LogP contribution in [-0.2, 0) is 4.79 Å². The third-order valence-corrected chi connectivity index (χ3v) is 13.8. The number of hydrogen-bond acceptors (Lipinski definition) is 5. The highest BCUT2D eigenvalue weighted by atomic mass is 16.4. The van der Waals surface area contributed by atoms with Crippen molar-refractivity contribution in [3.05, 3.63) is 0 Å². The lowest BCUT2D eigenvalue weighted by Crippen LogP contribution is -2.79. The lowest BCUT2D eigenvalue weighted by Gasteiger charge is -2.76. The summed E-state index contributed by atoms with van der Waals surface area (Å²) < 4.78 is 0. The molecule has 0 aromatic carbocycles. The molecule has 36 heavy (non-hydrogen) atoms. The average molecular weight is 507 g/mol. The Balaban J connectivity index is 1.64. The highest BCUT2D eigenvalue weighted by molar-refractivity contribution is 5.76. The fraction of sp³-hybridized carbons (Fsp3) is 0.967. The van der Waals surface area contributed by atoms with E-state index in [9.17, 15) is 30.3 Å². The van der Waals surface area contributed by atoms with Crippen molar-refractivity contribution in [2.24, 2.45) is 50.2 Å². The van der Waals surface area contributed by atoms with Crippen LogP contribution in [0.3, 0.4) is 0 Å². The monoisotopic (exact) mass is 506 g/mol. The Morgan fingerprint density at radius 2 is 1.39 bits per heavy atom. The molecule has 6 heteroatoms. The van der Waals surface area contributed by atoms with Crippen molar-refractivity contribution in [3.8, 4) is 0 Å². The molecule has 5 fully saturated rings. The summed E-state index contributed by atoms with van der Waals surface area (Å²) in [6.45, 7) is 15.1. The van der Waals surface area contributed by atoms with Crippen LogP contribution < -0.4 is 0 Å². The summed E-state index contributed by atoms with van der Waals surface area (Å²) in [6.07, 6.45) is 3.08. The molecule has 206 valence electrons. The molecule has 5 aliphatic carbocycles. The van der Waals surface area contributed by atoms with Crippen LogP contribution in [0.2, 0.25) is 0 Å². The first-order chi connectivity index (χ1) is 16.3. The maximum atomic E-state index is 12.8. The number of rotatable bonds is 1. The molecule has 0 aliphatic heterocycles. The van der Waals surface area contributed by atoms with Gasteiger partial charge in [-0.15, -0.1) is 0 Å². The molecule has 5 rings (SSSR count). The number of hydrogen-bond donors (Lipinski definition) is 5. The number of carboxylic acid groups (broad SMARTS) is 1. The van der Waals surface area contributed by atoms with Gasteiger partial charge >= 0.3 is 5.97 Å². The third-order valence-electron chi connectivity index (χ3n) is 13.8. The van der Waals surface area contributed by atoms with Gasteiger partial charge in [-0.3, -0.25) is 4.79 Å². The van der Waals surface area contributed by atoms with Gasteiger partial charge in [0, 0.05) is 11.3 Å². The first kappa shape index (κ1) is 26.9. The molecule has 11 atom stereocenters. The summed E-state index contributed by atoms with van der Waals surface area (Å²) >= 11 is 0.